The molecular formula is C13H14N2O. The summed E-state index contributed by atoms with van der Waals surface area (Å²) in [6, 6.07) is 13.2. The molecule has 0 radical (unpaired) electrons. The van der Waals surface area contributed by atoms with E-state index >= 15 is 0 Å². The SMILES string of the molecule is N[C@@H](CO)c1cccc(-c2ccccn2)c1. The molecule has 0 aliphatic carbocycles. The number of nitrogens with zero attached hydrogens (tertiary/aromatic N) is 1. The highest BCUT2D eigenvalue weighted by Gasteiger charge is 2.05. The molecular weight excluding hydrogens is 200 g/mol. The summed E-state index contributed by atoms with van der Waals surface area (Å²) in [7, 11) is 0. The fourth-order valence-electron chi connectivity index (χ4n) is 1.57. The van der Waals surface area contributed by atoms with Crippen molar-refractivity contribution in [2.24, 2.45) is 5.73 Å². The van der Waals surface area contributed by atoms with Gasteiger partial charge in [-0.05, 0) is 23.8 Å². The molecule has 1 heterocycles. The molecule has 0 aliphatic heterocycles. The van der Waals surface area contributed by atoms with Gasteiger partial charge in [-0.15, -0.1) is 0 Å². The van der Waals surface area contributed by atoms with Gasteiger partial charge in [-0.1, -0.05) is 24.3 Å². The topological polar surface area (TPSA) is 59.1 Å². The first-order valence-corrected chi connectivity index (χ1v) is 5.19. The molecule has 82 valence electrons. The van der Waals surface area contributed by atoms with Crippen LogP contribution in [0.2, 0.25) is 0 Å². The number of nitrogens with two attached hydrogens (primary N) is 1. The summed E-state index contributed by atoms with van der Waals surface area (Å²) in [6.45, 7) is -0.0499. The molecule has 0 saturated carbocycles. The third-order valence-electron chi connectivity index (χ3n) is 2.47. The molecule has 2 rings (SSSR count). The second-order valence-corrected chi connectivity index (χ2v) is 3.63. The Hall–Kier alpha value is -1.71. The van der Waals surface area contributed by atoms with Crippen LogP contribution >= 0.6 is 0 Å². The van der Waals surface area contributed by atoms with E-state index in [9.17, 15) is 0 Å². The second-order valence-electron chi connectivity index (χ2n) is 3.63. The summed E-state index contributed by atoms with van der Waals surface area (Å²) in [5.74, 6) is 0. The van der Waals surface area contributed by atoms with E-state index in [1.54, 1.807) is 6.20 Å². The standard InChI is InChI=1S/C13H14N2O/c14-12(9-16)10-4-3-5-11(8-10)13-6-1-2-7-15-13/h1-8,12,16H,9,14H2/t12-/m0/s1. The fraction of sp³-hybridized carbons (Fsp3) is 0.154. The van der Waals surface area contributed by atoms with E-state index in [4.69, 9.17) is 10.8 Å². The molecule has 0 saturated heterocycles. The number of aliphatic hydroxyl groups excluding tert-OH is 1. The van der Waals surface area contributed by atoms with Crippen LogP contribution in [0, 0.1) is 0 Å². The molecule has 0 unspecified atom stereocenters. The molecule has 0 fully saturated rings. The van der Waals surface area contributed by atoms with Gasteiger partial charge in [-0.3, -0.25) is 4.98 Å². The lowest BCUT2D eigenvalue weighted by atomic mass is 10.0. The van der Waals surface area contributed by atoms with Gasteiger partial charge in [0, 0.05) is 11.8 Å². The summed E-state index contributed by atoms with van der Waals surface area (Å²) in [5.41, 5.74) is 8.62. The minimum absolute atomic E-state index is 0.0499. The van der Waals surface area contributed by atoms with Crippen LogP contribution in [0.4, 0.5) is 0 Å². The number of pyridine rings is 1. The van der Waals surface area contributed by atoms with Crippen molar-refractivity contribution >= 4 is 0 Å². The molecule has 16 heavy (non-hydrogen) atoms. The van der Waals surface area contributed by atoms with E-state index < -0.39 is 0 Å². The van der Waals surface area contributed by atoms with Crippen molar-refractivity contribution in [3.05, 3.63) is 54.2 Å². The number of aromatic nitrogens is 1. The van der Waals surface area contributed by atoms with Crippen LogP contribution in [0.15, 0.2) is 48.7 Å². The van der Waals surface area contributed by atoms with Crippen molar-refractivity contribution in [2.45, 2.75) is 6.04 Å². The van der Waals surface area contributed by atoms with Crippen molar-refractivity contribution in [1.82, 2.24) is 4.98 Å². The lowest BCUT2D eigenvalue weighted by Crippen LogP contribution is -2.14. The summed E-state index contributed by atoms with van der Waals surface area (Å²) in [4.78, 5) is 4.27. The highest BCUT2D eigenvalue weighted by atomic mass is 16.3. The van der Waals surface area contributed by atoms with Crippen molar-refractivity contribution in [1.29, 1.82) is 0 Å². The van der Waals surface area contributed by atoms with E-state index in [1.165, 1.54) is 0 Å². The van der Waals surface area contributed by atoms with Crippen molar-refractivity contribution in [3.8, 4) is 11.3 Å². The molecule has 1 aromatic carbocycles. The Bertz CT molecular complexity index is 456. The molecule has 2 aromatic rings. The van der Waals surface area contributed by atoms with Crippen LogP contribution < -0.4 is 5.73 Å². The van der Waals surface area contributed by atoms with Gasteiger partial charge in [0.1, 0.15) is 0 Å². The molecule has 3 N–H and O–H groups in total. The van der Waals surface area contributed by atoms with Crippen LogP contribution in [0.5, 0.6) is 0 Å². The summed E-state index contributed by atoms with van der Waals surface area (Å²) in [6.07, 6.45) is 1.76. The lowest BCUT2D eigenvalue weighted by Gasteiger charge is -2.09. The fourth-order valence-corrected chi connectivity index (χ4v) is 1.57. The van der Waals surface area contributed by atoms with Gasteiger partial charge in [0.05, 0.1) is 18.3 Å². The maximum absolute atomic E-state index is 9.01. The maximum atomic E-state index is 9.01. The molecule has 0 amide bonds. The monoisotopic (exact) mass is 214 g/mol. The van der Waals surface area contributed by atoms with Gasteiger partial charge >= 0.3 is 0 Å². The minimum atomic E-state index is -0.330. The van der Waals surface area contributed by atoms with Gasteiger partial charge < -0.3 is 10.8 Å². The number of aliphatic hydroxyl groups is 1. The molecule has 1 aromatic heterocycles. The number of benzene rings is 1. The van der Waals surface area contributed by atoms with E-state index in [0.29, 0.717) is 0 Å². The summed E-state index contributed by atoms with van der Waals surface area (Å²) in [5, 5.41) is 9.01. The summed E-state index contributed by atoms with van der Waals surface area (Å²) < 4.78 is 0. The van der Waals surface area contributed by atoms with Crippen LogP contribution in [0.25, 0.3) is 11.3 Å². The molecule has 1 atom stereocenters. The zero-order valence-corrected chi connectivity index (χ0v) is 8.88. The predicted molar refractivity (Wildman–Crippen MR) is 63.7 cm³/mol. The maximum Gasteiger partial charge on any atom is 0.0702 e. The van der Waals surface area contributed by atoms with E-state index in [0.717, 1.165) is 16.8 Å². The highest BCUT2D eigenvalue weighted by molar-refractivity contribution is 5.59. The largest absolute Gasteiger partial charge is 0.394 e. The normalized spacial score (nSPS) is 12.4. The first kappa shape index (κ1) is 10.8. The van der Waals surface area contributed by atoms with Crippen LogP contribution in [0.1, 0.15) is 11.6 Å². The molecule has 0 aliphatic rings. The zero-order chi connectivity index (χ0) is 11.4. The predicted octanol–water partition coefficient (Wildman–Crippen LogP) is 1.74. The Morgan fingerprint density at radius 2 is 2.06 bits per heavy atom. The molecule has 3 heteroatoms. The van der Waals surface area contributed by atoms with Crippen molar-refractivity contribution < 1.29 is 5.11 Å². The van der Waals surface area contributed by atoms with E-state index in [-0.39, 0.29) is 12.6 Å². The van der Waals surface area contributed by atoms with Gasteiger partial charge in [-0.25, -0.2) is 0 Å². The molecule has 0 bridgehead atoms. The van der Waals surface area contributed by atoms with Gasteiger partial charge in [-0.2, -0.15) is 0 Å². The van der Waals surface area contributed by atoms with Crippen LogP contribution in [-0.2, 0) is 0 Å². The number of hydrogen-bond donors (Lipinski definition) is 2. The number of hydrogen-bond acceptors (Lipinski definition) is 3. The van der Waals surface area contributed by atoms with Gasteiger partial charge in [0.15, 0.2) is 0 Å². The van der Waals surface area contributed by atoms with E-state index in [2.05, 4.69) is 4.98 Å². The first-order valence-electron chi connectivity index (χ1n) is 5.19. The highest BCUT2D eigenvalue weighted by Crippen LogP contribution is 2.20. The average Bonchev–Trinajstić information content (AvgIpc) is 2.39. The van der Waals surface area contributed by atoms with Gasteiger partial charge in [0.25, 0.3) is 0 Å². The third-order valence-corrected chi connectivity index (χ3v) is 2.47. The van der Waals surface area contributed by atoms with Crippen molar-refractivity contribution in [3.63, 3.8) is 0 Å². The smallest absolute Gasteiger partial charge is 0.0702 e. The zero-order valence-electron chi connectivity index (χ0n) is 8.88. The Labute approximate surface area is 94.6 Å². The first-order chi connectivity index (χ1) is 7.81. The molecule has 0 spiro atoms. The second kappa shape index (κ2) is 4.88. The van der Waals surface area contributed by atoms with E-state index in [1.807, 2.05) is 42.5 Å². The van der Waals surface area contributed by atoms with Crippen LogP contribution in [0.3, 0.4) is 0 Å². The van der Waals surface area contributed by atoms with Crippen LogP contribution in [-0.4, -0.2) is 16.7 Å². The quantitative estimate of drug-likeness (QED) is 0.818. The third kappa shape index (κ3) is 2.27. The Balaban J connectivity index is 2.36. The Morgan fingerprint density at radius 1 is 1.19 bits per heavy atom. The molecule has 3 nitrogen and oxygen atoms in total. The summed E-state index contributed by atoms with van der Waals surface area (Å²) >= 11 is 0. The van der Waals surface area contributed by atoms with Gasteiger partial charge in [0.2, 0.25) is 0 Å². The Kier molecular flexibility index (Phi) is 3.29. The Morgan fingerprint density at radius 3 is 2.75 bits per heavy atom. The lowest BCUT2D eigenvalue weighted by molar-refractivity contribution is 0.268. The number of rotatable bonds is 3. The van der Waals surface area contributed by atoms with Crippen molar-refractivity contribution in [2.75, 3.05) is 6.61 Å². The minimum Gasteiger partial charge on any atom is -0.394 e. The average molecular weight is 214 g/mol.